The molecule has 2 fully saturated rings. The lowest BCUT2D eigenvalue weighted by molar-refractivity contribution is -0.350. The minimum absolute atomic E-state index is 0.0362. The lowest BCUT2D eigenvalue weighted by atomic mass is 9.91. The first-order valence-electron chi connectivity index (χ1n) is 9.43. The van der Waals surface area contributed by atoms with Crippen molar-refractivity contribution in [1.29, 1.82) is 0 Å². The molecular formula is C16H34N2O12. The van der Waals surface area contributed by atoms with Crippen molar-refractivity contribution in [3.63, 3.8) is 0 Å². The van der Waals surface area contributed by atoms with E-state index in [0.717, 1.165) is 0 Å². The van der Waals surface area contributed by atoms with Gasteiger partial charge in [-0.1, -0.05) is 0 Å². The van der Waals surface area contributed by atoms with Crippen LogP contribution in [-0.2, 0) is 9.47 Å². The molecule has 2 unspecified atom stereocenters. The summed E-state index contributed by atoms with van der Waals surface area (Å²) in [4.78, 5) is 0. The molecular weight excluding hydrogens is 412 g/mol. The third-order valence-electron chi connectivity index (χ3n) is 5.11. The molecule has 10 atom stereocenters. The van der Waals surface area contributed by atoms with Gasteiger partial charge in [0.2, 0.25) is 0 Å². The molecule has 2 aliphatic heterocycles. The van der Waals surface area contributed by atoms with Crippen LogP contribution in [0.25, 0.3) is 0 Å². The maximum absolute atomic E-state index is 9.80. The van der Waals surface area contributed by atoms with Crippen molar-refractivity contribution in [2.45, 2.75) is 73.2 Å². The molecule has 0 aromatic carbocycles. The zero-order valence-corrected chi connectivity index (χ0v) is 16.3. The van der Waals surface area contributed by atoms with E-state index in [4.69, 9.17) is 31.2 Å². The molecule has 14 N–H and O–H groups in total. The summed E-state index contributed by atoms with van der Waals surface area (Å²) in [6.45, 7) is -1.07. The van der Waals surface area contributed by atoms with Crippen LogP contribution in [-0.4, -0.2) is 138 Å². The van der Waals surface area contributed by atoms with Gasteiger partial charge in [-0.15, -0.1) is 0 Å². The lowest BCUT2D eigenvalue weighted by Gasteiger charge is -2.45. The first-order chi connectivity index (χ1) is 13.9. The van der Waals surface area contributed by atoms with Crippen molar-refractivity contribution >= 4 is 0 Å². The SMILES string of the molecule is NCCC1(O)O[C@H](CO)[C@@H](O)[C@H](O)[C@@H]1O.NCCC1(O)O[C@H](CO)[C@H](O)[C@H](O)[C@H]1O. The van der Waals surface area contributed by atoms with Crippen LogP contribution in [0.15, 0.2) is 0 Å². The fourth-order valence-corrected chi connectivity index (χ4v) is 3.27. The van der Waals surface area contributed by atoms with Crippen LogP contribution in [0, 0.1) is 0 Å². The monoisotopic (exact) mass is 446 g/mol. The van der Waals surface area contributed by atoms with Crippen molar-refractivity contribution < 1.29 is 60.5 Å². The molecule has 0 aromatic rings. The zero-order valence-electron chi connectivity index (χ0n) is 16.3. The average molecular weight is 446 g/mol. The maximum atomic E-state index is 9.80. The molecule has 180 valence electrons. The highest BCUT2D eigenvalue weighted by Gasteiger charge is 2.52. The van der Waals surface area contributed by atoms with Gasteiger partial charge in [-0.05, 0) is 13.1 Å². The highest BCUT2D eigenvalue weighted by atomic mass is 16.7. The van der Waals surface area contributed by atoms with E-state index in [1.165, 1.54) is 0 Å². The minimum Gasteiger partial charge on any atom is -0.394 e. The van der Waals surface area contributed by atoms with Crippen LogP contribution in [0.2, 0.25) is 0 Å². The highest BCUT2D eigenvalue weighted by molar-refractivity contribution is 4.96. The van der Waals surface area contributed by atoms with E-state index in [-0.39, 0.29) is 25.9 Å². The van der Waals surface area contributed by atoms with Gasteiger partial charge < -0.3 is 72.0 Å². The van der Waals surface area contributed by atoms with E-state index in [2.05, 4.69) is 0 Å². The Morgan fingerprint density at radius 3 is 1.13 bits per heavy atom. The lowest BCUT2D eigenvalue weighted by Crippen LogP contribution is -2.65. The van der Waals surface area contributed by atoms with Gasteiger partial charge in [0.05, 0.1) is 13.2 Å². The van der Waals surface area contributed by atoms with Gasteiger partial charge in [0.15, 0.2) is 11.6 Å². The van der Waals surface area contributed by atoms with Crippen LogP contribution in [0.3, 0.4) is 0 Å². The zero-order chi connectivity index (χ0) is 23.3. The fourth-order valence-electron chi connectivity index (χ4n) is 3.27. The predicted molar refractivity (Wildman–Crippen MR) is 97.2 cm³/mol. The molecule has 0 bridgehead atoms. The standard InChI is InChI=1S/2C8H17NO6/c2*9-2-1-8(14)7(13)6(12)5(11)4(3-10)15-8/h2*4-7,10-14H,1-3,9H2/t4-,5+,6+,7-,8?;4-,5-,6+,7+,8?/m11/s1. The number of nitrogens with two attached hydrogens (primary N) is 2. The van der Waals surface area contributed by atoms with E-state index in [9.17, 15) is 40.9 Å². The molecule has 0 spiro atoms. The predicted octanol–water partition coefficient (Wildman–Crippen LogP) is -7.00. The molecule has 0 amide bonds. The van der Waals surface area contributed by atoms with Gasteiger partial charge in [-0.3, -0.25) is 0 Å². The van der Waals surface area contributed by atoms with E-state index < -0.39 is 73.6 Å². The maximum Gasteiger partial charge on any atom is 0.196 e. The van der Waals surface area contributed by atoms with Crippen molar-refractivity contribution in [1.82, 2.24) is 0 Å². The van der Waals surface area contributed by atoms with Crippen LogP contribution < -0.4 is 11.5 Å². The summed E-state index contributed by atoms with van der Waals surface area (Å²) in [5.41, 5.74) is 10.4. The van der Waals surface area contributed by atoms with Gasteiger partial charge in [0, 0.05) is 12.8 Å². The number of ether oxygens (including phenoxy) is 2. The van der Waals surface area contributed by atoms with Crippen molar-refractivity contribution in [3.05, 3.63) is 0 Å². The summed E-state index contributed by atoms with van der Waals surface area (Å²) < 4.78 is 9.85. The molecule has 0 aliphatic carbocycles. The van der Waals surface area contributed by atoms with Gasteiger partial charge >= 0.3 is 0 Å². The molecule has 0 saturated carbocycles. The first kappa shape index (κ1) is 27.5. The van der Waals surface area contributed by atoms with Crippen LogP contribution in [0.5, 0.6) is 0 Å². The molecule has 0 aromatic heterocycles. The summed E-state index contributed by atoms with van der Waals surface area (Å²) in [6.07, 6.45) is -11.8. The molecule has 14 nitrogen and oxygen atoms in total. The first-order valence-corrected chi connectivity index (χ1v) is 9.43. The normalized spacial score (nSPS) is 46.8. The Morgan fingerprint density at radius 1 is 0.600 bits per heavy atom. The number of hydrogen-bond donors (Lipinski definition) is 12. The van der Waals surface area contributed by atoms with E-state index in [1.807, 2.05) is 0 Å². The Morgan fingerprint density at radius 2 is 0.900 bits per heavy atom. The smallest absolute Gasteiger partial charge is 0.196 e. The Kier molecular flexibility index (Phi) is 10.4. The Labute approximate surface area is 172 Å². The Bertz CT molecular complexity index is 471. The van der Waals surface area contributed by atoms with E-state index in [1.54, 1.807) is 0 Å². The second-order valence-corrected chi connectivity index (χ2v) is 7.30. The number of hydrogen-bond acceptors (Lipinski definition) is 14. The van der Waals surface area contributed by atoms with Crippen LogP contribution in [0.4, 0.5) is 0 Å². The molecule has 2 aliphatic rings. The van der Waals surface area contributed by atoms with Gasteiger partial charge in [0.25, 0.3) is 0 Å². The molecule has 2 rings (SSSR count). The molecule has 0 radical (unpaired) electrons. The van der Waals surface area contributed by atoms with Gasteiger partial charge in [0.1, 0.15) is 48.8 Å². The number of aliphatic hydroxyl groups excluding tert-OH is 8. The largest absolute Gasteiger partial charge is 0.394 e. The van der Waals surface area contributed by atoms with E-state index in [0.29, 0.717) is 0 Å². The summed E-state index contributed by atoms with van der Waals surface area (Å²) in [5, 5.41) is 93.8. The molecule has 2 heterocycles. The number of rotatable bonds is 6. The quantitative estimate of drug-likeness (QED) is 0.181. The minimum atomic E-state index is -2.03. The van der Waals surface area contributed by atoms with Crippen molar-refractivity contribution in [3.8, 4) is 0 Å². The Balaban J connectivity index is 0.000000300. The highest BCUT2D eigenvalue weighted by Crippen LogP contribution is 2.31. The van der Waals surface area contributed by atoms with Gasteiger partial charge in [-0.25, -0.2) is 0 Å². The van der Waals surface area contributed by atoms with Gasteiger partial charge in [-0.2, -0.15) is 0 Å². The third-order valence-corrected chi connectivity index (χ3v) is 5.11. The van der Waals surface area contributed by atoms with Crippen molar-refractivity contribution in [2.75, 3.05) is 26.3 Å². The van der Waals surface area contributed by atoms with Crippen molar-refractivity contribution in [2.24, 2.45) is 11.5 Å². The second-order valence-electron chi connectivity index (χ2n) is 7.30. The molecule has 30 heavy (non-hydrogen) atoms. The summed E-state index contributed by atoms with van der Waals surface area (Å²) in [6, 6.07) is 0. The summed E-state index contributed by atoms with van der Waals surface area (Å²) >= 11 is 0. The second kappa shape index (κ2) is 11.3. The average Bonchev–Trinajstić information content (AvgIpc) is 2.71. The van der Waals surface area contributed by atoms with Crippen LogP contribution >= 0.6 is 0 Å². The summed E-state index contributed by atoms with van der Waals surface area (Å²) in [7, 11) is 0. The topological polar surface area (TPSA) is 273 Å². The Hall–Kier alpha value is -0.560. The summed E-state index contributed by atoms with van der Waals surface area (Å²) in [5.74, 6) is -4.05. The molecule has 2 saturated heterocycles. The molecule has 14 heteroatoms. The number of aliphatic hydroxyl groups is 10. The van der Waals surface area contributed by atoms with Crippen LogP contribution in [0.1, 0.15) is 12.8 Å². The fraction of sp³-hybridized carbons (Fsp3) is 1.00. The van der Waals surface area contributed by atoms with E-state index >= 15 is 0 Å². The third kappa shape index (κ3) is 5.81.